The van der Waals surface area contributed by atoms with Crippen LogP contribution in [0.2, 0.25) is 5.02 Å². The van der Waals surface area contributed by atoms with E-state index in [-0.39, 0.29) is 6.04 Å². The molecule has 1 aliphatic heterocycles. The fourth-order valence-corrected chi connectivity index (χ4v) is 5.30. The predicted molar refractivity (Wildman–Crippen MR) is 91.2 cm³/mol. The lowest BCUT2D eigenvalue weighted by atomic mass is 10.1. The van der Waals surface area contributed by atoms with Crippen LogP contribution in [0.15, 0.2) is 46.0 Å². The van der Waals surface area contributed by atoms with Crippen LogP contribution >= 0.6 is 22.9 Å². The number of hydrogen-bond donors (Lipinski definition) is 1. The molecule has 0 bridgehead atoms. The number of thiophene rings is 1. The molecule has 0 spiro atoms. The molecule has 3 rings (SSSR count). The summed E-state index contributed by atoms with van der Waals surface area (Å²) in [5.41, 5.74) is 1.02. The second-order valence-corrected chi connectivity index (χ2v) is 8.81. The van der Waals surface area contributed by atoms with Crippen LogP contribution in [-0.4, -0.2) is 31.9 Å². The molecule has 22 heavy (non-hydrogen) atoms. The zero-order chi connectivity index (χ0) is 15.6. The number of piperidine rings is 1. The Hall–Kier alpha value is -1.08. The minimum Gasteiger partial charge on any atom is -0.382 e. The number of halogens is 1. The topological polar surface area (TPSA) is 49.4 Å². The van der Waals surface area contributed by atoms with Crippen molar-refractivity contribution in [2.75, 3.05) is 18.4 Å². The highest BCUT2D eigenvalue weighted by atomic mass is 35.5. The summed E-state index contributed by atoms with van der Waals surface area (Å²) in [6.07, 6.45) is 1.60. The lowest BCUT2D eigenvalue weighted by Gasteiger charge is -2.31. The average molecular weight is 357 g/mol. The maximum atomic E-state index is 12.5. The fraction of sp³-hybridized carbons (Fsp3) is 0.333. The van der Waals surface area contributed by atoms with Gasteiger partial charge in [0.05, 0.1) is 0 Å². The quantitative estimate of drug-likeness (QED) is 0.909. The Morgan fingerprint density at radius 3 is 2.41 bits per heavy atom. The highest BCUT2D eigenvalue weighted by molar-refractivity contribution is 7.91. The molecule has 1 N–H and O–H groups in total. The first-order valence-corrected chi connectivity index (χ1v) is 9.81. The Balaban J connectivity index is 1.60. The molecule has 0 atom stereocenters. The first-order valence-electron chi connectivity index (χ1n) is 7.11. The lowest BCUT2D eigenvalue weighted by Crippen LogP contribution is -2.42. The molecule has 118 valence electrons. The fourth-order valence-electron chi connectivity index (χ4n) is 2.56. The van der Waals surface area contributed by atoms with Gasteiger partial charge in [-0.1, -0.05) is 17.7 Å². The third-order valence-electron chi connectivity index (χ3n) is 3.76. The van der Waals surface area contributed by atoms with E-state index in [0.29, 0.717) is 22.3 Å². The number of nitrogens with zero attached hydrogens (tertiary/aromatic N) is 1. The molecule has 1 aliphatic rings. The summed E-state index contributed by atoms with van der Waals surface area (Å²) in [6.45, 7) is 1.09. The van der Waals surface area contributed by atoms with Gasteiger partial charge in [0.1, 0.15) is 4.21 Å². The minimum atomic E-state index is -3.31. The molecule has 1 fully saturated rings. The summed E-state index contributed by atoms with van der Waals surface area (Å²) in [6, 6.07) is 11.3. The average Bonchev–Trinajstić information content (AvgIpc) is 3.05. The summed E-state index contributed by atoms with van der Waals surface area (Å²) in [7, 11) is -3.31. The maximum Gasteiger partial charge on any atom is 0.252 e. The molecular formula is C15H17ClN2O2S2. The SMILES string of the molecule is O=S(=O)(c1cccs1)N1CCC(Nc2ccc(Cl)cc2)CC1. The van der Waals surface area contributed by atoms with Crippen molar-refractivity contribution >= 4 is 38.6 Å². The van der Waals surface area contributed by atoms with Gasteiger partial charge in [-0.05, 0) is 48.6 Å². The van der Waals surface area contributed by atoms with Gasteiger partial charge >= 0.3 is 0 Å². The molecule has 0 amide bonds. The van der Waals surface area contributed by atoms with E-state index in [1.165, 1.54) is 11.3 Å². The standard InChI is InChI=1S/C15H17ClN2O2S2/c16-12-3-5-13(6-4-12)17-14-7-9-18(10-8-14)22(19,20)15-2-1-11-21-15/h1-6,11,14,17H,7-10H2. The van der Waals surface area contributed by atoms with Gasteiger partial charge in [-0.3, -0.25) is 0 Å². The smallest absolute Gasteiger partial charge is 0.252 e. The van der Waals surface area contributed by atoms with Crippen LogP contribution in [-0.2, 0) is 10.0 Å². The monoisotopic (exact) mass is 356 g/mol. The first kappa shape index (κ1) is 15.8. The Labute approximate surface area is 139 Å². The van der Waals surface area contributed by atoms with Crippen LogP contribution in [0, 0.1) is 0 Å². The molecule has 1 saturated heterocycles. The van der Waals surface area contributed by atoms with Crippen LogP contribution < -0.4 is 5.32 Å². The molecule has 0 saturated carbocycles. The minimum absolute atomic E-state index is 0.288. The number of sulfonamides is 1. The molecule has 2 heterocycles. The predicted octanol–water partition coefficient (Wildman–Crippen LogP) is 3.67. The number of benzene rings is 1. The molecule has 1 aromatic carbocycles. The molecule has 7 heteroatoms. The van der Waals surface area contributed by atoms with E-state index >= 15 is 0 Å². The van der Waals surface area contributed by atoms with Gasteiger partial charge in [-0.25, -0.2) is 8.42 Å². The highest BCUT2D eigenvalue weighted by Gasteiger charge is 2.29. The summed E-state index contributed by atoms with van der Waals surface area (Å²) < 4.78 is 26.9. The maximum absolute atomic E-state index is 12.5. The van der Waals surface area contributed by atoms with Crippen LogP contribution in [0.4, 0.5) is 5.69 Å². The van der Waals surface area contributed by atoms with Gasteiger partial charge in [0, 0.05) is 29.8 Å². The van der Waals surface area contributed by atoms with Gasteiger partial charge in [0.25, 0.3) is 10.0 Å². The molecule has 1 aromatic heterocycles. The second kappa shape index (κ2) is 6.58. The molecule has 0 aliphatic carbocycles. The van der Waals surface area contributed by atoms with Crippen LogP contribution in [0.1, 0.15) is 12.8 Å². The zero-order valence-corrected chi connectivity index (χ0v) is 14.3. The lowest BCUT2D eigenvalue weighted by molar-refractivity contribution is 0.330. The van der Waals surface area contributed by atoms with Crippen LogP contribution in [0.25, 0.3) is 0 Å². The van der Waals surface area contributed by atoms with E-state index in [4.69, 9.17) is 11.6 Å². The van der Waals surface area contributed by atoms with E-state index in [1.807, 2.05) is 24.3 Å². The van der Waals surface area contributed by atoms with Crippen LogP contribution in [0.3, 0.4) is 0 Å². The number of nitrogens with one attached hydrogen (secondary N) is 1. The van der Waals surface area contributed by atoms with Gasteiger partial charge in [-0.15, -0.1) is 11.3 Å². The third-order valence-corrected chi connectivity index (χ3v) is 7.28. The van der Waals surface area contributed by atoms with Crippen molar-refractivity contribution in [2.45, 2.75) is 23.1 Å². The molecule has 4 nitrogen and oxygen atoms in total. The number of rotatable bonds is 4. The van der Waals surface area contributed by atoms with Crippen LogP contribution in [0.5, 0.6) is 0 Å². The van der Waals surface area contributed by atoms with E-state index in [0.717, 1.165) is 18.5 Å². The Kier molecular flexibility index (Phi) is 4.73. The summed E-state index contributed by atoms with van der Waals surface area (Å²) in [4.78, 5) is 0. The van der Waals surface area contributed by atoms with Crippen molar-refractivity contribution in [1.82, 2.24) is 4.31 Å². The Morgan fingerprint density at radius 2 is 1.82 bits per heavy atom. The van der Waals surface area contributed by atoms with Crippen molar-refractivity contribution < 1.29 is 8.42 Å². The largest absolute Gasteiger partial charge is 0.382 e. The van der Waals surface area contributed by atoms with Crippen molar-refractivity contribution in [3.63, 3.8) is 0 Å². The molecular weight excluding hydrogens is 340 g/mol. The van der Waals surface area contributed by atoms with E-state index < -0.39 is 10.0 Å². The second-order valence-electron chi connectivity index (χ2n) is 5.26. The van der Waals surface area contributed by atoms with Crippen molar-refractivity contribution in [1.29, 1.82) is 0 Å². The zero-order valence-electron chi connectivity index (χ0n) is 11.9. The van der Waals surface area contributed by atoms with Crippen molar-refractivity contribution in [3.05, 3.63) is 46.8 Å². The molecule has 2 aromatic rings. The molecule has 0 unspecified atom stereocenters. The molecule has 0 radical (unpaired) electrons. The van der Waals surface area contributed by atoms with E-state index in [2.05, 4.69) is 5.32 Å². The van der Waals surface area contributed by atoms with E-state index in [1.54, 1.807) is 21.8 Å². The van der Waals surface area contributed by atoms with Gasteiger partial charge in [0.15, 0.2) is 0 Å². The van der Waals surface area contributed by atoms with Gasteiger partial charge in [0.2, 0.25) is 0 Å². The van der Waals surface area contributed by atoms with Gasteiger partial charge < -0.3 is 5.32 Å². The summed E-state index contributed by atoms with van der Waals surface area (Å²) in [5.74, 6) is 0. The summed E-state index contributed by atoms with van der Waals surface area (Å²) >= 11 is 7.14. The number of hydrogen-bond acceptors (Lipinski definition) is 4. The van der Waals surface area contributed by atoms with E-state index in [9.17, 15) is 8.42 Å². The highest BCUT2D eigenvalue weighted by Crippen LogP contribution is 2.25. The Morgan fingerprint density at radius 1 is 1.14 bits per heavy atom. The van der Waals surface area contributed by atoms with Crippen molar-refractivity contribution in [2.24, 2.45) is 0 Å². The normalized spacial score (nSPS) is 17.5. The Bertz CT molecular complexity index is 707. The first-order chi connectivity index (χ1) is 10.6. The third kappa shape index (κ3) is 3.46. The van der Waals surface area contributed by atoms with Gasteiger partial charge in [-0.2, -0.15) is 4.31 Å². The van der Waals surface area contributed by atoms with Crippen molar-refractivity contribution in [3.8, 4) is 0 Å². The summed E-state index contributed by atoms with van der Waals surface area (Å²) in [5, 5.41) is 5.94. The number of anilines is 1.